The Morgan fingerprint density at radius 3 is 2.71 bits per heavy atom. The third-order valence-corrected chi connectivity index (χ3v) is 3.34. The van der Waals surface area contributed by atoms with E-state index in [1.807, 2.05) is 20.8 Å². The molecule has 1 fully saturated rings. The van der Waals surface area contributed by atoms with Crippen molar-refractivity contribution in [3.63, 3.8) is 0 Å². The number of aromatic nitrogens is 3. The van der Waals surface area contributed by atoms with Crippen LogP contribution in [0, 0.1) is 0 Å². The molecule has 8 heteroatoms. The van der Waals surface area contributed by atoms with Crippen LogP contribution in [0.1, 0.15) is 42.8 Å². The minimum atomic E-state index is -0.659. The molecule has 1 aromatic rings. The summed E-state index contributed by atoms with van der Waals surface area (Å²) in [5.41, 5.74) is 0.0196. The van der Waals surface area contributed by atoms with Crippen LogP contribution < -0.4 is 0 Å². The summed E-state index contributed by atoms with van der Waals surface area (Å²) in [4.78, 5) is 28.2. The smallest absolute Gasteiger partial charge is 0.410 e. The van der Waals surface area contributed by atoms with Crippen LogP contribution in [-0.4, -0.2) is 51.2 Å². The van der Waals surface area contributed by atoms with Crippen molar-refractivity contribution < 1.29 is 19.1 Å². The standard InChI is InChI=1S/C13H16N4O4/c1-12(2,3)21-11(19)17-6-13(7-17)10-8(5-20-13)14-9(4-18)15-16-10/h4H,5-7H2,1-3H3. The molecule has 0 aliphatic carbocycles. The molecular formula is C13H16N4O4. The highest BCUT2D eigenvalue weighted by Crippen LogP contribution is 2.41. The Bertz CT molecular complexity index is 605. The number of aldehydes is 1. The fraction of sp³-hybridized carbons (Fsp3) is 0.615. The van der Waals surface area contributed by atoms with Crippen molar-refractivity contribution in [2.75, 3.05) is 13.1 Å². The van der Waals surface area contributed by atoms with Crippen molar-refractivity contribution in [1.82, 2.24) is 20.1 Å². The predicted octanol–water partition coefficient (Wildman–Crippen LogP) is 0.660. The lowest BCUT2D eigenvalue weighted by atomic mass is 9.91. The first-order valence-corrected chi connectivity index (χ1v) is 6.64. The molecule has 1 saturated heterocycles. The van der Waals surface area contributed by atoms with Gasteiger partial charge in [-0.3, -0.25) is 4.79 Å². The van der Waals surface area contributed by atoms with E-state index in [9.17, 15) is 9.59 Å². The summed E-state index contributed by atoms with van der Waals surface area (Å²) in [6.45, 7) is 6.43. The molecule has 1 amide bonds. The van der Waals surface area contributed by atoms with Crippen LogP contribution in [0.4, 0.5) is 4.79 Å². The number of carbonyl (C=O) groups is 2. The van der Waals surface area contributed by atoms with Gasteiger partial charge in [-0.2, -0.15) is 0 Å². The van der Waals surface area contributed by atoms with Crippen molar-refractivity contribution in [3.05, 3.63) is 17.2 Å². The highest BCUT2D eigenvalue weighted by Gasteiger charge is 2.54. The Kier molecular flexibility index (Phi) is 2.94. The average molecular weight is 292 g/mol. The minimum Gasteiger partial charge on any atom is -0.444 e. The summed E-state index contributed by atoms with van der Waals surface area (Å²) in [6.07, 6.45) is 0.169. The van der Waals surface area contributed by atoms with Gasteiger partial charge in [0.15, 0.2) is 6.29 Å². The van der Waals surface area contributed by atoms with Crippen LogP contribution >= 0.6 is 0 Å². The van der Waals surface area contributed by atoms with Gasteiger partial charge in [-0.1, -0.05) is 0 Å². The number of ether oxygens (including phenoxy) is 2. The fourth-order valence-corrected chi connectivity index (χ4v) is 2.42. The third kappa shape index (κ3) is 2.35. The van der Waals surface area contributed by atoms with Gasteiger partial charge in [-0.15, -0.1) is 10.2 Å². The molecular weight excluding hydrogens is 276 g/mol. The van der Waals surface area contributed by atoms with Gasteiger partial charge in [-0.05, 0) is 20.8 Å². The molecule has 3 rings (SSSR count). The topological polar surface area (TPSA) is 94.5 Å². The van der Waals surface area contributed by atoms with Gasteiger partial charge >= 0.3 is 6.09 Å². The largest absolute Gasteiger partial charge is 0.444 e. The molecule has 112 valence electrons. The summed E-state index contributed by atoms with van der Waals surface area (Å²) in [7, 11) is 0. The maximum Gasteiger partial charge on any atom is 0.410 e. The lowest BCUT2D eigenvalue weighted by Gasteiger charge is -2.46. The second-order valence-electron chi connectivity index (χ2n) is 6.20. The van der Waals surface area contributed by atoms with E-state index in [1.165, 1.54) is 0 Å². The lowest BCUT2D eigenvalue weighted by molar-refractivity contribution is -0.139. The molecule has 21 heavy (non-hydrogen) atoms. The van der Waals surface area contributed by atoms with E-state index < -0.39 is 11.2 Å². The SMILES string of the molecule is CC(C)(C)OC(=O)N1CC2(C1)OCc1nc(C=O)nnc12. The molecule has 0 bridgehead atoms. The number of carbonyl (C=O) groups excluding carboxylic acids is 2. The van der Waals surface area contributed by atoms with Crippen LogP contribution in [0.2, 0.25) is 0 Å². The minimum absolute atomic E-state index is 0.0396. The number of hydrogen-bond donors (Lipinski definition) is 0. The number of rotatable bonds is 1. The second kappa shape index (κ2) is 4.45. The number of amides is 1. The van der Waals surface area contributed by atoms with Crippen LogP contribution in [0.3, 0.4) is 0 Å². The van der Waals surface area contributed by atoms with Gasteiger partial charge in [0.05, 0.1) is 25.4 Å². The summed E-state index contributed by atoms with van der Waals surface area (Å²) in [6, 6.07) is 0. The molecule has 0 saturated carbocycles. The number of fused-ring (bicyclic) bond motifs is 2. The normalized spacial score (nSPS) is 19.1. The summed E-state index contributed by atoms with van der Waals surface area (Å²) >= 11 is 0. The first kappa shape index (κ1) is 13.9. The van der Waals surface area contributed by atoms with Crippen molar-refractivity contribution in [1.29, 1.82) is 0 Å². The van der Waals surface area contributed by atoms with E-state index in [4.69, 9.17) is 9.47 Å². The molecule has 0 unspecified atom stereocenters. The second-order valence-corrected chi connectivity index (χ2v) is 6.20. The highest BCUT2D eigenvalue weighted by atomic mass is 16.6. The van der Waals surface area contributed by atoms with E-state index in [2.05, 4.69) is 15.2 Å². The number of hydrogen-bond acceptors (Lipinski definition) is 7. The Balaban J connectivity index is 1.72. The van der Waals surface area contributed by atoms with Crippen molar-refractivity contribution in [3.8, 4) is 0 Å². The van der Waals surface area contributed by atoms with Crippen molar-refractivity contribution >= 4 is 12.4 Å². The fourth-order valence-electron chi connectivity index (χ4n) is 2.42. The highest BCUT2D eigenvalue weighted by molar-refractivity contribution is 5.70. The molecule has 2 aliphatic heterocycles. The van der Waals surface area contributed by atoms with Crippen LogP contribution in [-0.2, 0) is 21.7 Å². The van der Waals surface area contributed by atoms with Gasteiger partial charge in [0.2, 0.25) is 5.82 Å². The van der Waals surface area contributed by atoms with Crippen LogP contribution in [0.25, 0.3) is 0 Å². The molecule has 2 aliphatic rings. The Hall–Kier alpha value is -2.09. The van der Waals surface area contributed by atoms with E-state index in [0.717, 1.165) is 0 Å². The first-order chi connectivity index (χ1) is 9.83. The third-order valence-electron chi connectivity index (χ3n) is 3.34. The Morgan fingerprint density at radius 2 is 2.10 bits per heavy atom. The van der Waals surface area contributed by atoms with Gasteiger partial charge < -0.3 is 14.4 Å². The molecule has 0 aromatic carbocycles. The molecule has 3 heterocycles. The van der Waals surface area contributed by atoms with Crippen molar-refractivity contribution in [2.45, 2.75) is 38.6 Å². The summed E-state index contributed by atoms with van der Waals surface area (Å²) < 4.78 is 11.0. The zero-order chi connectivity index (χ0) is 15.3. The monoisotopic (exact) mass is 292 g/mol. The molecule has 1 spiro atoms. The molecule has 1 aromatic heterocycles. The van der Waals surface area contributed by atoms with E-state index in [0.29, 0.717) is 30.8 Å². The molecule has 8 nitrogen and oxygen atoms in total. The number of nitrogens with zero attached hydrogens (tertiary/aromatic N) is 4. The van der Waals surface area contributed by atoms with Gasteiger partial charge in [-0.25, -0.2) is 9.78 Å². The van der Waals surface area contributed by atoms with Crippen molar-refractivity contribution in [2.24, 2.45) is 0 Å². The van der Waals surface area contributed by atoms with Crippen LogP contribution in [0.5, 0.6) is 0 Å². The summed E-state index contributed by atoms with van der Waals surface area (Å²) in [5.74, 6) is 0.0396. The van der Waals surface area contributed by atoms with Crippen LogP contribution in [0.15, 0.2) is 0 Å². The maximum absolute atomic E-state index is 11.9. The van der Waals surface area contributed by atoms with E-state index in [-0.39, 0.29) is 18.5 Å². The average Bonchev–Trinajstić information content (AvgIpc) is 2.73. The first-order valence-electron chi connectivity index (χ1n) is 6.64. The molecule has 0 N–H and O–H groups in total. The van der Waals surface area contributed by atoms with E-state index >= 15 is 0 Å². The van der Waals surface area contributed by atoms with Gasteiger partial charge in [0.1, 0.15) is 16.9 Å². The van der Waals surface area contributed by atoms with E-state index in [1.54, 1.807) is 4.90 Å². The Labute approximate surface area is 121 Å². The zero-order valence-corrected chi connectivity index (χ0v) is 12.1. The summed E-state index contributed by atoms with van der Waals surface area (Å²) in [5, 5.41) is 7.76. The molecule has 0 atom stereocenters. The van der Waals surface area contributed by atoms with Gasteiger partial charge in [0.25, 0.3) is 0 Å². The zero-order valence-electron chi connectivity index (χ0n) is 12.1. The van der Waals surface area contributed by atoms with Gasteiger partial charge in [0, 0.05) is 0 Å². The molecule has 0 radical (unpaired) electrons. The lowest BCUT2D eigenvalue weighted by Crippen LogP contribution is -2.62. The Morgan fingerprint density at radius 1 is 1.38 bits per heavy atom. The number of likely N-dealkylation sites (tertiary alicyclic amines) is 1. The quantitative estimate of drug-likeness (QED) is 0.702. The maximum atomic E-state index is 11.9. The predicted molar refractivity (Wildman–Crippen MR) is 69.5 cm³/mol.